The number of amides is 1. The number of anilines is 2. The Balaban J connectivity index is 1.95. The second-order valence-corrected chi connectivity index (χ2v) is 6.89. The summed E-state index contributed by atoms with van der Waals surface area (Å²) in [5, 5.41) is 9.03. The summed E-state index contributed by atoms with van der Waals surface area (Å²) in [5.74, 6) is 0. The highest BCUT2D eigenvalue weighted by Gasteiger charge is 2.44. The number of carboxylic acid groups (broad SMARTS) is 1. The summed E-state index contributed by atoms with van der Waals surface area (Å²) >= 11 is 0. The predicted molar refractivity (Wildman–Crippen MR) is 78.2 cm³/mol. The number of rotatable bonds is 1. The molecule has 2 aliphatic rings. The van der Waals surface area contributed by atoms with Gasteiger partial charge in [-0.3, -0.25) is 13.4 Å². The maximum Gasteiger partial charge on any atom is 0.407 e. The number of hydrogen-bond acceptors (Lipinski definition) is 5. The Morgan fingerprint density at radius 3 is 2.55 bits per heavy atom. The minimum absolute atomic E-state index is 0.220. The first kappa shape index (κ1) is 13.3. The lowest BCUT2D eigenvalue weighted by atomic mass is 10.2. The lowest BCUT2D eigenvalue weighted by Gasteiger charge is -2.44. The molecule has 0 aliphatic carbocycles. The van der Waals surface area contributed by atoms with E-state index in [4.69, 9.17) is 5.11 Å². The molecule has 3 rings (SSSR count). The van der Waals surface area contributed by atoms with Crippen molar-refractivity contribution in [1.82, 2.24) is 4.90 Å². The molecular formula is C12H17N3O4S. The summed E-state index contributed by atoms with van der Waals surface area (Å²) in [7, 11) is -1.47. The van der Waals surface area contributed by atoms with Crippen LogP contribution in [0.15, 0.2) is 24.3 Å². The summed E-state index contributed by atoms with van der Waals surface area (Å²) in [6.45, 7) is 0.700. The molecular weight excluding hydrogens is 282 g/mol. The first-order valence-corrected chi connectivity index (χ1v) is 7.77. The largest absolute Gasteiger partial charge is 0.465 e. The van der Waals surface area contributed by atoms with Gasteiger partial charge >= 0.3 is 6.09 Å². The van der Waals surface area contributed by atoms with Gasteiger partial charge in [0.1, 0.15) is 0 Å². The maximum atomic E-state index is 11.0. The summed E-state index contributed by atoms with van der Waals surface area (Å²) in [6.07, 6.45) is -0.380. The van der Waals surface area contributed by atoms with Crippen molar-refractivity contribution in [2.45, 2.75) is 12.5 Å². The van der Waals surface area contributed by atoms with Crippen molar-refractivity contribution in [1.29, 1.82) is 0 Å². The van der Waals surface area contributed by atoms with Crippen LogP contribution in [0, 0.1) is 0 Å². The molecule has 0 bridgehead atoms. The van der Waals surface area contributed by atoms with Crippen LogP contribution in [-0.4, -0.2) is 51.4 Å². The van der Waals surface area contributed by atoms with Gasteiger partial charge in [0.25, 0.3) is 0 Å². The number of carbonyl (C=O) groups is 1. The van der Waals surface area contributed by atoms with Crippen LogP contribution >= 0.6 is 11.0 Å². The molecule has 3 N–H and O–H groups in total. The van der Waals surface area contributed by atoms with Crippen molar-refractivity contribution in [3.05, 3.63) is 24.3 Å². The number of hydrogen-bond donors (Lipinski definition) is 3. The average molecular weight is 299 g/mol. The number of nitrogens with zero attached hydrogens (tertiary/aromatic N) is 3. The van der Waals surface area contributed by atoms with Gasteiger partial charge in [-0.15, -0.1) is 0 Å². The molecule has 0 aromatic heterocycles. The fraction of sp³-hybridized carbons (Fsp3) is 0.417. The third-order valence-electron chi connectivity index (χ3n) is 3.86. The maximum absolute atomic E-state index is 11.0. The van der Waals surface area contributed by atoms with Gasteiger partial charge in [-0.1, -0.05) is 12.1 Å². The first-order valence-electron chi connectivity index (χ1n) is 6.31. The quantitative estimate of drug-likeness (QED) is 0.737. The van der Waals surface area contributed by atoms with Crippen LogP contribution in [0.4, 0.5) is 16.2 Å². The Kier molecular flexibility index (Phi) is 2.96. The third kappa shape index (κ3) is 1.80. The van der Waals surface area contributed by atoms with Gasteiger partial charge in [-0.25, -0.2) is 9.10 Å². The summed E-state index contributed by atoms with van der Waals surface area (Å²) < 4.78 is 23.9. The van der Waals surface area contributed by atoms with E-state index in [1.165, 1.54) is 9.21 Å². The standard InChI is InChI=1S/C12H17N3O4S/c1-13-10-4-2-3-5-11(10)15(20(13,18)19)9-6-7-14(8-9)12(16)17/h2-5,9,18-19H,6-8H2,1H3,(H,16,17). The Morgan fingerprint density at radius 1 is 1.30 bits per heavy atom. The van der Waals surface area contributed by atoms with E-state index in [0.717, 1.165) is 11.4 Å². The Hall–Kier alpha value is -1.64. The molecule has 0 spiro atoms. The molecule has 7 nitrogen and oxygen atoms in total. The molecule has 2 aliphatic heterocycles. The van der Waals surface area contributed by atoms with Crippen LogP contribution in [0.5, 0.6) is 0 Å². The van der Waals surface area contributed by atoms with Gasteiger partial charge < -0.3 is 10.0 Å². The minimum Gasteiger partial charge on any atom is -0.465 e. The van der Waals surface area contributed by atoms with Gasteiger partial charge in [0, 0.05) is 20.1 Å². The molecule has 1 fully saturated rings. The Bertz CT molecular complexity index is 553. The Morgan fingerprint density at radius 2 is 1.95 bits per heavy atom. The van der Waals surface area contributed by atoms with E-state index >= 15 is 0 Å². The molecule has 8 heteroatoms. The van der Waals surface area contributed by atoms with Gasteiger partial charge in [-0.05, 0) is 29.5 Å². The zero-order valence-electron chi connectivity index (χ0n) is 11.0. The predicted octanol–water partition coefficient (Wildman–Crippen LogP) is 2.28. The fourth-order valence-electron chi connectivity index (χ4n) is 2.82. The van der Waals surface area contributed by atoms with E-state index in [1.54, 1.807) is 11.4 Å². The molecule has 0 saturated carbocycles. The molecule has 2 heterocycles. The molecule has 1 amide bonds. The molecule has 1 saturated heterocycles. The highest BCUT2D eigenvalue weighted by Crippen LogP contribution is 2.61. The molecule has 110 valence electrons. The molecule has 1 unspecified atom stereocenters. The van der Waals surface area contributed by atoms with Crippen molar-refractivity contribution in [2.24, 2.45) is 0 Å². The van der Waals surface area contributed by atoms with Crippen molar-refractivity contribution >= 4 is 28.4 Å². The van der Waals surface area contributed by atoms with Crippen molar-refractivity contribution in [3.8, 4) is 0 Å². The minimum atomic E-state index is -3.11. The van der Waals surface area contributed by atoms with Crippen LogP contribution in [0.3, 0.4) is 0 Å². The summed E-state index contributed by atoms with van der Waals surface area (Å²) in [4.78, 5) is 12.3. The van der Waals surface area contributed by atoms with Crippen molar-refractivity contribution in [3.63, 3.8) is 0 Å². The van der Waals surface area contributed by atoms with E-state index in [2.05, 4.69) is 0 Å². The molecule has 1 atom stereocenters. The molecule has 1 aromatic carbocycles. The zero-order valence-corrected chi connectivity index (χ0v) is 11.8. The smallest absolute Gasteiger partial charge is 0.407 e. The van der Waals surface area contributed by atoms with Gasteiger partial charge in [0.15, 0.2) is 0 Å². The van der Waals surface area contributed by atoms with E-state index in [-0.39, 0.29) is 12.6 Å². The van der Waals surface area contributed by atoms with E-state index in [0.29, 0.717) is 13.0 Å². The lowest BCUT2D eigenvalue weighted by Crippen LogP contribution is -2.41. The second-order valence-electron chi connectivity index (χ2n) is 4.97. The number of benzene rings is 1. The van der Waals surface area contributed by atoms with Crippen LogP contribution < -0.4 is 8.61 Å². The normalized spacial score (nSPS) is 25.8. The summed E-state index contributed by atoms with van der Waals surface area (Å²) in [6, 6.07) is 7.11. The highest BCUT2D eigenvalue weighted by atomic mass is 32.3. The van der Waals surface area contributed by atoms with Gasteiger partial charge in [0.2, 0.25) is 0 Å². The van der Waals surface area contributed by atoms with Crippen LogP contribution in [0.1, 0.15) is 6.42 Å². The lowest BCUT2D eigenvalue weighted by molar-refractivity contribution is 0.155. The van der Waals surface area contributed by atoms with E-state index in [1.807, 2.05) is 24.3 Å². The molecule has 1 aromatic rings. The first-order chi connectivity index (χ1) is 9.43. The SMILES string of the molecule is CN1c2ccccc2N(C2CCN(C(=O)O)C2)S1(O)O. The monoisotopic (exact) mass is 299 g/mol. The zero-order chi connectivity index (χ0) is 14.5. The number of para-hydroxylation sites is 2. The van der Waals surface area contributed by atoms with Crippen molar-refractivity contribution in [2.75, 3.05) is 28.7 Å². The topological polar surface area (TPSA) is 87.5 Å². The van der Waals surface area contributed by atoms with E-state index < -0.39 is 17.1 Å². The number of likely N-dealkylation sites (tertiary alicyclic amines) is 1. The van der Waals surface area contributed by atoms with Crippen molar-refractivity contribution < 1.29 is 19.0 Å². The van der Waals surface area contributed by atoms with Gasteiger partial charge in [-0.2, -0.15) is 0 Å². The molecule has 0 radical (unpaired) electrons. The number of fused-ring (bicyclic) bond motifs is 1. The second kappa shape index (κ2) is 4.44. The molecule has 20 heavy (non-hydrogen) atoms. The van der Waals surface area contributed by atoms with Crippen LogP contribution in [-0.2, 0) is 0 Å². The fourth-order valence-corrected chi connectivity index (χ4v) is 4.49. The summed E-state index contributed by atoms with van der Waals surface area (Å²) in [5.41, 5.74) is 1.49. The van der Waals surface area contributed by atoms with E-state index in [9.17, 15) is 13.9 Å². The average Bonchev–Trinajstić information content (AvgIpc) is 2.94. The third-order valence-corrected chi connectivity index (χ3v) is 5.81. The van der Waals surface area contributed by atoms with Crippen LogP contribution in [0.2, 0.25) is 0 Å². The van der Waals surface area contributed by atoms with Gasteiger partial charge in [0.05, 0.1) is 17.4 Å². The van der Waals surface area contributed by atoms with Crippen LogP contribution in [0.25, 0.3) is 0 Å². The Labute approximate surface area is 118 Å². The highest BCUT2D eigenvalue weighted by molar-refractivity contribution is 8.26.